The quantitative estimate of drug-likeness (QED) is 0.548. The first-order valence-corrected chi connectivity index (χ1v) is 12.5. The van der Waals surface area contributed by atoms with Crippen LogP contribution in [0.1, 0.15) is 22.8 Å². The van der Waals surface area contributed by atoms with E-state index in [4.69, 9.17) is 4.74 Å². The summed E-state index contributed by atoms with van der Waals surface area (Å²) in [4.78, 5) is 43.8. The van der Waals surface area contributed by atoms with Crippen LogP contribution in [-0.2, 0) is 25.9 Å². The van der Waals surface area contributed by atoms with E-state index in [1.54, 1.807) is 5.01 Å². The number of aromatic nitrogens is 1. The van der Waals surface area contributed by atoms with Gasteiger partial charge >= 0.3 is 11.5 Å². The maximum Gasteiger partial charge on any atom is 0.501 e. The van der Waals surface area contributed by atoms with Crippen LogP contribution in [0.4, 0.5) is 23.7 Å². The number of halogens is 3. The zero-order valence-corrected chi connectivity index (χ0v) is 20.3. The van der Waals surface area contributed by atoms with Gasteiger partial charge in [-0.2, -0.15) is 13.2 Å². The molecule has 37 heavy (non-hydrogen) atoms. The Morgan fingerprint density at radius 1 is 1.14 bits per heavy atom. The highest BCUT2D eigenvalue weighted by atomic mass is 32.2. The fourth-order valence-corrected chi connectivity index (χ4v) is 4.65. The summed E-state index contributed by atoms with van der Waals surface area (Å²) in [6, 6.07) is 3.08. The molecule has 1 aromatic heterocycles. The van der Waals surface area contributed by atoms with Crippen molar-refractivity contribution in [3.63, 3.8) is 0 Å². The molecule has 1 unspecified atom stereocenters. The maximum absolute atomic E-state index is 13.2. The van der Waals surface area contributed by atoms with Crippen molar-refractivity contribution in [2.24, 2.45) is 0 Å². The standard InChI is InChI=1S/C22H22F3N5O6S/c1-14-20(32)30(16-2-4-17(5-3-16)37(34,35)22(23,24)25)21(33)29(14)13-15-6-7-26-12-18(15)19(31)27-28-8-10-36-11-9-28/h2-7,12,14H,8-11,13H2,1H3,(H,27,31). The van der Waals surface area contributed by atoms with Gasteiger partial charge in [0.05, 0.1) is 29.4 Å². The number of carbonyl (C=O) groups excluding carboxylic acids is 3. The number of urea groups is 1. The van der Waals surface area contributed by atoms with Crippen molar-refractivity contribution >= 4 is 33.4 Å². The number of morpholine rings is 1. The molecule has 2 fully saturated rings. The van der Waals surface area contributed by atoms with Crippen LogP contribution in [0.2, 0.25) is 0 Å². The Balaban J connectivity index is 1.54. The van der Waals surface area contributed by atoms with Crippen LogP contribution < -0.4 is 10.3 Å². The molecule has 2 aliphatic rings. The molecule has 0 bridgehead atoms. The number of amides is 4. The summed E-state index contributed by atoms with van der Waals surface area (Å²) in [5.41, 5.74) is -2.21. The highest BCUT2D eigenvalue weighted by molar-refractivity contribution is 7.92. The molecule has 11 nitrogen and oxygen atoms in total. The van der Waals surface area contributed by atoms with Gasteiger partial charge in [0.2, 0.25) is 0 Å². The number of rotatable bonds is 6. The summed E-state index contributed by atoms with van der Waals surface area (Å²) < 4.78 is 66.9. The number of hydrazine groups is 1. The van der Waals surface area contributed by atoms with Crippen LogP contribution in [0.25, 0.3) is 0 Å². The van der Waals surface area contributed by atoms with Crippen molar-refractivity contribution in [2.45, 2.75) is 29.9 Å². The molecule has 2 saturated heterocycles. The van der Waals surface area contributed by atoms with Crippen LogP contribution in [0.15, 0.2) is 47.6 Å². The minimum atomic E-state index is -5.58. The Labute approximate surface area is 209 Å². The zero-order valence-electron chi connectivity index (χ0n) is 19.4. The Morgan fingerprint density at radius 3 is 2.41 bits per heavy atom. The van der Waals surface area contributed by atoms with Gasteiger partial charge in [0.1, 0.15) is 6.04 Å². The minimum Gasteiger partial charge on any atom is -0.379 e. The largest absolute Gasteiger partial charge is 0.501 e. The number of carbonyl (C=O) groups is 3. The summed E-state index contributed by atoms with van der Waals surface area (Å²) in [5, 5.41) is 1.69. The van der Waals surface area contributed by atoms with E-state index in [2.05, 4.69) is 10.4 Å². The molecule has 0 radical (unpaired) electrons. The van der Waals surface area contributed by atoms with Gasteiger partial charge in [-0.15, -0.1) is 0 Å². The van der Waals surface area contributed by atoms with E-state index < -0.39 is 44.1 Å². The number of hydrogen-bond acceptors (Lipinski definition) is 8. The molecule has 3 heterocycles. The van der Waals surface area contributed by atoms with Gasteiger partial charge in [0.25, 0.3) is 21.7 Å². The molecule has 1 N–H and O–H groups in total. The van der Waals surface area contributed by atoms with E-state index in [0.717, 1.165) is 17.0 Å². The number of ether oxygens (including phenoxy) is 1. The summed E-state index contributed by atoms with van der Waals surface area (Å²) in [7, 11) is -5.58. The third-order valence-corrected chi connectivity index (χ3v) is 7.46. The molecule has 0 aliphatic carbocycles. The maximum atomic E-state index is 13.2. The van der Waals surface area contributed by atoms with Crippen LogP contribution in [0, 0.1) is 0 Å². The highest BCUT2D eigenvalue weighted by Gasteiger charge is 2.47. The SMILES string of the molecule is CC1C(=O)N(c2ccc(S(=O)(=O)C(F)(F)F)cc2)C(=O)N1Cc1ccncc1C(=O)NN1CCOCC1. The fraction of sp³-hybridized carbons (Fsp3) is 0.364. The van der Waals surface area contributed by atoms with Crippen LogP contribution >= 0.6 is 0 Å². The van der Waals surface area contributed by atoms with Crippen LogP contribution in [-0.4, -0.2) is 79.0 Å². The van der Waals surface area contributed by atoms with Gasteiger partial charge in [0.15, 0.2) is 0 Å². The Hall–Kier alpha value is -3.56. The van der Waals surface area contributed by atoms with Crippen LogP contribution in [0.3, 0.4) is 0 Å². The fourth-order valence-electron chi connectivity index (χ4n) is 3.89. The molecule has 0 spiro atoms. The lowest BCUT2D eigenvalue weighted by atomic mass is 10.1. The predicted octanol–water partition coefficient (Wildman–Crippen LogP) is 1.71. The molecular formula is C22H22F3N5O6S. The molecule has 2 aliphatic heterocycles. The Bertz CT molecular complexity index is 1310. The average molecular weight is 542 g/mol. The van der Waals surface area contributed by atoms with E-state index in [-0.39, 0.29) is 17.8 Å². The highest BCUT2D eigenvalue weighted by Crippen LogP contribution is 2.33. The van der Waals surface area contributed by atoms with Crippen molar-refractivity contribution in [2.75, 3.05) is 31.2 Å². The molecular weight excluding hydrogens is 519 g/mol. The second-order valence-corrected chi connectivity index (χ2v) is 10.2. The minimum absolute atomic E-state index is 0.0921. The van der Waals surface area contributed by atoms with Crippen molar-refractivity contribution in [3.05, 3.63) is 53.9 Å². The first-order valence-electron chi connectivity index (χ1n) is 11.0. The zero-order chi connectivity index (χ0) is 27.0. The monoisotopic (exact) mass is 541 g/mol. The summed E-state index contributed by atoms with van der Waals surface area (Å²) in [6.07, 6.45) is 2.78. The molecule has 0 saturated carbocycles. The van der Waals surface area contributed by atoms with Gasteiger partial charge in [-0.05, 0) is 42.8 Å². The van der Waals surface area contributed by atoms with E-state index in [1.807, 2.05) is 0 Å². The molecule has 15 heteroatoms. The number of pyridine rings is 1. The van der Waals surface area contributed by atoms with Crippen molar-refractivity contribution in [3.8, 4) is 0 Å². The van der Waals surface area contributed by atoms with E-state index in [1.165, 1.54) is 30.3 Å². The average Bonchev–Trinajstić information content (AvgIpc) is 3.07. The first-order chi connectivity index (χ1) is 17.4. The van der Waals surface area contributed by atoms with Crippen molar-refractivity contribution < 1.29 is 40.7 Å². The van der Waals surface area contributed by atoms with Crippen molar-refractivity contribution in [1.82, 2.24) is 20.3 Å². The second kappa shape index (κ2) is 10.1. The summed E-state index contributed by atoms with van der Waals surface area (Å²) in [5.74, 6) is -1.11. The number of nitrogens with zero attached hydrogens (tertiary/aromatic N) is 4. The molecule has 4 amide bonds. The number of sulfone groups is 1. The summed E-state index contributed by atoms with van der Waals surface area (Å²) >= 11 is 0. The molecule has 1 atom stereocenters. The Kier molecular flexibility index (Phi) is 7.21. The second-order valence-electron chi connectivity index (χ2n) is 8.28. The number of imide groups is 1. The molecule has 198 valence electrons. The normalized spacial score (nSPS) is 19.4. The van der Waals surface area contributed by atoms with Gasteiger partial charge in [0, 0.05) is 32.0 Å². The lowest BCUT2D eigenvalue weighted by molar-refractivity contribution is -0.119. The van der Waals surface area contributed by atoms with E-state index in [9.17, 15) is 36.0 Å². The number of anilines is 1. The lowest BCUT2D eigenvalue weighted by Gasteiger charge is -2.27. The molecule has 4 rings (SSSR count). The number of hydrogen-bond donors (Lipinski definition) is 1. The first kappa shape index (κ1) is 26.5. The number of benzene rings is 1. The van der Waals surface area contributed by atoms with E-state index in [0.29, 0.717) is 44.0 Å². The van der Waals surface area contributed by atoms with Gasteiger partial charge in [-0.3, -0.25) is 20.0 Å². The summed E-state index contributed by atoms with van der Waals surface area (Å²) in [6.45, 7) is 3.25. The van der Waals surface area contributed by atoms with E-state index >= 15 is 0 Å². The third kappa shape index (κ3) is 5.14. The van der Waals surface area contributed by atoms with Crippen LogP contribution in [0.5, 0.6) is 0 Å². The topological polar surface area (TPSA) is 129 Å². The predicted molar refractivity (Wildman–Crippen MR) is 122 cm³/mol. The lowest BCUT2D eigenvalue weighted by Crippen LogP contribution is -2.48. The van der Waals surface area contributed by atoms with Gasteiger partial charge in [-0.1, -0.05) is 0 Å². The molecule has 2 aromatic rings. The number of nitrogens with one attached hydrogen (secondary N) is 1. The smallest absolute Gasteiger partial charge is 0.379 e. The van der Waals surface area contributed by atoms with Gasteiger partial charge < -0.3 is 9.64 Å². The Morgan fingerprint density at radius 2 is 1.78 bits per heavy atom. The molecule has 1 aromatic carbocycles. The third-order valence-electron chi connectivity index (χ3n) is 5.96. The van der Waals surface area contributed by atoms with Gasteiger partial charge in [-0.25, -0.2) is 23.1 Å². The number of alkyl halides is 3. The van der Waals surface area contributed by atoms with Crippen molar-refractivity contribution in [1.29, 1.82) is 0 Å².